The quantitative estimate of drug-likeness (QED) is 0.372. The minimum atomic E-state index is -0.221. The lowest BCUT2D eigenvalue weighted by molar-refractivity contribution is 0.102. The molecule has 1 atom stereocenters. The van der Waals surface area contributed by atoms with Crippen molar-refractivity contribution in [2.45, 2.75) is 38.3 Å². The number of piperidine rings is 1. The molecule has 5 heterocycles. The predicted molar refractivity (Wildman–Crippen MR) is 145 cm³/mol. The number of rotatable bonds is 6. The van der Waals surface area contributed by atoms with E-state index in [0.29, 0.717) is 5.69 Å². The van der Waals surface area contributed by atoms with Crippen LogP contribution in [0.4, 0.5) is 11.5 Å². The molecule has 6 rings (SSSR count). The highest BCUT2D eigenvalue weighted by atomic mass is 16.1. The lowest BCUT2D eigenvalue weighted by Crippen LogP contribution is -2.42. The fraction of sp³-hybridized carbons (Fsp3) is 0.357. The van der Waals surface area contributed by atoms with Crippen LogP contribution in [0.1, 0.15) is 41.7 Å². The Morgan fingerprint density at radius 1 is 1.03 bits per heavy atom. The van der Waals surface area contributed by atoms with E-state index in [1.54, 1.807) is 12.5 Å². The molecule has 0 radical (unpaired) electrons. The second kappa shape index (κ2) is 10.3. The van der Waals surface area contributed by atoms with Gasteiger partial charge < -0.3 is 20.9 Å². The number of carbonyl (C=O) groups excluding carboxylic acids is 1. The van der Waals surface area contributed by atoms with E-state index in [-0.39, 0.29) is 11.9 Å². The van der Waals surface area contributed by atoms with Crippen LogP contribution in [0.15, 0.2) is 55.0 Å². The van der Waals surface area contributed by atoms with Crippen LogP contribution in [0.5, 0.6) is 0 Å². The molecule has 2 fully saturated rings. The van der Waals surface area contributed by atoms with Gasteiger partial charge in [-0.2, -0.15) is 0 Å². The van der Waals surface area contributed by atoms with E-state index in [4.69, 9.17) is 5.73 Å². The van der Waals surface area contributed by atoms with Gasteiger partial charge in [-0.3, -0.25) is 14.7 Å². The van der Waals surface area contributed by atoms with E-state index in [1.807, 2.05) is 36.4 Å². The molecule has 9 heteroatoms. The van der Waals surface area contributed by atoms with Gasteiger partial charge in [-0.05, 0) is 73.7 Å². The van der Waals surface area contributed by atoms with E-state index in [9.17, 15) is 4.79 Å². The standard InChI is InChI=1S/C28H32N8O/c29-21-4-3-11-35(17-21)16-19-9-10-30-25(14-19)28(37)33-22-7-5-20(6-8-22)24-15-23-26(34-24)31-18-32-27(23)36-12-1-2-13-36/h5-10,14-15,18,21H,1-4,11-13,16-17,29H2,(H,33,37)(H,31,32,34)/t21-/m1/s1. The number of hydrogen-bond acceptors (Lipinski definition) is 7. The molecule has 0 bridgehead atoms. The number of aromatic nitrogens is 4. The number of pyridine rings is 1. The number of nitrogens with two attached hydrogens (primary N) is 1. The number of benzene rings is 1. The zero-order valence-electron chi connectivity index (χ0n) is 20.9. The van der Waals surface area contributed by atoms with Crippen molar-refractivity contribution in [3.05, 3.63) is 66.2 Å². The molecule has 4 N–H and O–H groups in total. The molecule has 4 aromatic rings. The molecule has 1 amide bonds. The first-order chi connectivity index (χ1) is 18.1. The van der Waals surface area contributed by atoms with Crippen LogP contribution in [0.3, 0.4) is 0 Å². The van der Waals surface area contributed by atoms with Gasteiger partial charge in [0.2, 0.25) is 0 Å². The van der Waals surface area contributed by atoms with Crippen LogP contribution in [0, 0.1) is 0 Å². The molecule has 9 nitrogen and oxygen atoms in total. The molecule has 37 heavy (non-hydrogen) atoms. The largest absolute Gasteiger partial charge is 0.356 e. The Hall–Kier alpha value is -3.82. The fourth-order valence-corrected chi connectivity index (χ4v) is 5.38. The van der Waals surface area contributed by atoms with Crippen LogP contribution in [-0.4, -0.2) is 63.0 Å². The van der Waals surface area contributed by atoms with Crippen molar-refractivity contribution in [2.24, 2.45) is 5.73 Å². The smallest absolute Gasteiger partial charge is 0.274 e. The summed E-state index contributed by atoms with van der Waals surface area (Å²) >= 11 is 0. The van der Waals surface area contributed by atoms with E-state index in [2.05, 4.69) is 41.1 Å². The number of H-pyrrole nitrogens is 1. The number of anilines is 2. The molecule has 0 spiro atoms. The number of fused-ring (bicyclic) bond motifs is 1. The molecular weight excluding hydrogens is 464 g/mol. The monoisotopic (exact) mass is 496 g/mol. The second-order valence-electron chi connectivity index (χ2n) is 10.1. The van der Waals surface area contributed by atoms with Crippen molar-refractivity contribution in [2.75, 3.05) is 36.4 Å². The van der Waals surface area contributed by atoms with Gasteiger partial charge in [0.25, 0.3) is 5.91 Å². The summed E-state index contributed by atoms with van der Waals surface area (Å²) in [6.45, 7) is 4.76. The van der Waals surface area contributed by atoms with Crippen molar-refractivity contribution in [1.29, 1.82) is 0 Å². The highest BCUT2D eigenvalue weighted by Gasteiger charge is 2.19. The Balaban J connectivity index is 1.14. The maximum Gasteiger partial charge on any atom is 0.274 e. The number of amides is 1. The Bertz CT molecular complexity index is 1390. The van der Waals surface area contributed by atoms with Crippen LogP contribution in [-0.2, 0) is 6.54 Å². The van der Waals surface area contributed by atoms with Crippen molar-refractivity contribution in [3.8, 4) is 11.3 Å². The molecule has 0 saturated carbocycles. The normalized spacial score (nSPS) is 18.4. The molecule has 0 unspecified atom stereocenters. The van der Waals surface area contributed by atoms with Crippen molar-refractivity contribution in [1.82, 2.24) is 24.8 Å². The first kappa shape index (κ1) is 23.6. The third kappa shape index (κ3) is 5.19. The SMILES string of the molecule is N[C@@H]1CCCN(Cc2ccnc(C(=O)Nc3ccc(-c4cc5c(N6CCCC6)ncnc5[nH]4)cc3)c2)C1. The van der Waals surface area contributed by atoms with Gasteiger partial charge in [-0.25, -0.2) is 9.97 Å². The molecule has 2 aliphatic heterocycles. The second-order valence-corrected chi connectivity index (χ2v) is 10.1. The average molecular weight is 497 g/mol. The van der Waals surface area contributed by atoms with Gasteiger partial charge >= 0.3 is 0 Å². The summed E-state index contributed by atoms with van der Waals surface area (Å²) < 4.78 is 0. The Morgan fingerprint density at radius 3 is 2.68 bits per heavy atom. The van der Waals surface area contributed by atoms with Crippen molar-refractivity contribution in [3.63, 3.8) is 0 Å². The topological polar surface area (TPSA) is 116 Å². The van der Waals surface area contributed by atoms with Gasteiger partial charge in [0.15, 0.2) is 0 Å². The van der Waals surface area contributed by atoms with E-state index in [1.165, 1.54) is 12.8 Å². The highest BCUT2D eigenvalue weighted by Crippen LogP contribution is 2.30. The maximum atomic E-state index is 12.9. The predicted octanol–water partition coefficient (Wildman–Crippen LogP) is 3.80. The van der Waals surface area contributed by atoms with E-state index < -0.39 is 0 Å². The summed E-state index contributed by atoms with van der Waals surface area (Å²) in [6, 6.07) is 14.0. The van der Waals surface area contributed by atoms with Crippen molar-refractivity contribution < 1.29 is 4.79 Å². The van der Waals surface area contributed by atoms with Gasteiger partial charge in [-0.15, -0.1) is 0 Å². The van der Waals surface area contributed by atoms with Crippen LogP contribution in [0.2, 0.25) is 0 Å². The van der Waals surface area contributed by atoms with E-state index >= 15 is 0 Å². The Morgan fingerprint density at radius 2 is 1.86 bits per heavy atom. The minimum absolute atomic E-state index is 0.221. The molecule has 190 valence electrons. The number of carbonyl (C=O) groups is 1. The summed E-state index contributed by atoms with van der Waals surface area (Å²) in [5, 5.41) is 4.01. The van der Waals surface area contributed by atoms with Crippen LogP contribution >= 0.6 is 0 Å². The van der Waals surface area contributed by atoms with Crippen LogP contribution in [0.25, 0.3) is 22.3 Å². The number of nitrogens with zero attached hydrogens (tertiary/aromatic N) is 5. The summed E-state index contributed by atoms with van der Waals surface area (Å²) in [5.74, 6) is 0.771. The Kier molecular flexibility index (Phi) is 6.55. The van der Waals surface area contributed by atoms with Gasteiger partial charge in [0.05, 0.1) is 5.39 Å². The molecule has 2 saturated heterocycles. The summed E-state index contributed by atoms with van der Waals surface area (Å²) in [6.07, 6.45) is 7.91. The first-order valence-corrected chi connectivity index (χ1v) is 13.1. The van der Waals surface area contributed by atoms with Gasteiger partial charge in [0.1, 0.15) is 23.5 Å². The number of hydrogen-bond donors (Lipinski definition) is 3. The number of nitrogens with one attached hydrogen (secondary N) is 2. The average Bonchev–Trinajstić information content (AvgIpc) is 3.60. The van der Waals surface area contributed by atoms with E-state index in [0.717, 1.165) is 84.9 Å². The Labute approximate surface area is 216 Å². The highest BCUT2D eigenvalue weighted by molar-refractivity contribution is 6.03. The first-order valence-electron chi connectivity index (χ1n) is 13.1. The summed E-state index contributed by atoms with van der Waals surface area (Å²) in [7, 11) is 0. The van der Waals surface area contributed by atoms with Crippen molar-refractivity contribution >= 4 is 28.4 Å². The van der Waals surface area contributed by atoms with Crippen LogP contribution < -0.4 is 16.0 Å². The molecule has 1 aromatic carbocycles. The maximum absolute atomic E-state index is 12.9. The zero-order chi connectivity index (χ0) is 25.2. The number of likely N-dealkylation sites (tertiary alicyclic amines) is 1. The fourth-order valence-electron chi connectivity index (χ4n) is 5.38. The molecule has 2 aliphatic rings. The lowest BCUT2D eigenvalue weighted by Gasteiger charge is -2.30. The molecule has 0 aliphatic carbocycles. The zero-order valence-corrected chi connectivity index (χ0v) is 20.9. The minimum Gasteiger partial charge on any atom is -0.356 e. The number of aromatic amines is 1. The lowest BCUT2D eigenvalue weighted by atomic mass is 10.1. The van der Waals surface area contributed by atoms with Gasteiger partial charge in [0, 0.05) is 49.8 Å². The molecular formula is C28H32N8O. The summed E-state index contributed by atoms with van der Waals surface area (Å²) in [4.78, 5) is 34.3. The third-order valence-corrected chi connectivity index (χ3v) is 7.27. The molecule has 3 aromatic heterocycles. The van der Waals surface area contributed by atoms with Gasteiger partial charge in [-0.1, -0.05) is 12.1 Å². The summed E-state index contributed by atoms with van der Waals surface area (Å²) in [5.41, 5.74) is 11.1. The third-order valence-electron chi connectivity index (χ3n) is 7.27.